The van der Waals surface area contributed by atoms with Crippen LogP contribution in [0.5, 0.6) is 0 Å². The normalized spacial score (nSPS) is 11.4. The van der Waals surface area contributed by atoms with Crippen LogP contribution in [0.2, 0.25) is 0 Å². The lowest BCUT2D eigenvalue weighted by atomic mass is 10.0. The summed E-state index contributed by atoms with van der Waals surface area (Å²) in [7, 11) is 0. The molecule has 2 amide bonds. The monoisotopic (exact) mass is 275 g/mol. The van der Waals surface area contributed by atoms with Crippen LogP contribution in [0.1, 0.15) is 37.5 Å². The van der Waals surface area contributed by atoms with Crippen molar-refractivity contribution in [1.82, 2.24) is 10.7 Å². The fourth-order valence-electron chi connectivity index (χ4n) is 1.54. The summed E-state index contributed by atoms with van der Waals surface area (Å²) in [6.45, 7) is 9.40. The van der Waals surface area contributed by atoms with Gasteiger partial charge in [0.05, 0.1) is 5.71 Å². The van der Waals surface area contributed by atoms with E-state index >= 15 is 0 Å². The van der Waals surface area contributed by atoms with E-state index in [0.717, 1.165) is 11.1 Å². The van der Waals surface area contributed by atoms with Gasteiger partial charge in [0.1, 0.15) is 0 Å². The van der Waals surface area contributed by atoms with Crippen LogP contribution < -0.4 is 10.7 Å². The maximum absolute atomic E-state index is 11.5. The van der Waals surface area contributed by atoms with Crippen molar-refractivity contribution < 1.29 is 9.59 Å². The van der Waals surface area contributed by atoms with Gasteiger partial charge in [0, 0.05) is 6.04 Å². The Kier molecular flexibility index (Phi) is 5.43. The molecule has 0 bridgehead atoms. The predicted octanol–water partition coefficient (Wildman–Crippen LogP) is 1.67. The third kappa shape index (κ3) is 4.50. The van der Waals surface area contributed by atoms with Gasteiger partial charge in [-0.1, -0.05) is 12.1 Å². The van der Waals surface area contributed by atoms with Gasteiger partial charge in [-0.2, -0.15) is 5.10 Å². The predicted molar refractivity (Wildman–Crippen MR) is 79.5 cm³/mol. The van der Waals surface area contributed by atoms with Crippen molar-refractivity contribution in [2.24, 2.45) is 5.10 Å². The Bertz CT molecular complexity index is 548. The summed E-state index contributed by atoms with van der Waals surface area (Å²) < 4.78 is 0. The summed E-state index contributed by atoms with van der Waals surface area (Å²) in [6, 6.07) is 5.84. The second-order valence-corrected chi connectivity index (χ2v) is 5.07. The number of hydrazone groups is 1. The molecule has 0 saturated heterocycles. The zero-order valence-electron chi connectivity index (χ0n) is 12.6. The first-order valence-electron chi connectivity index (χ1n) is 6.54. The standard InChI is InChI=1S/C15H21N3O2/c1-9(2)16-14(19)15(20)18-17-12(5)13-7-6-10(3)11(4)8-13/h6-9H,1-5H3,(H,16,19)(H,18,20)/b17-12-. The largest absolute Gasteiger partial charge is 0.346 e. The van der Waals surface area contributed by atoms with Crippen LogP contribution in [0, 0.1) is 13.8 Å². The molecule has 0 unspecified atom stereocenters. The van der Waals surface area contributed by atoms with Gasteiger partial charge in [-0.25, -0.2) is 5.43 Å². The molecular formula is C15H21N3O2. The molecule has 0 radical (unpaired) electrons. The number of carbonyl (C=O) groups is 2. The summed E-state index contributed by atoms with van der Waals surface area (Å²) in [5.41, 5.74) is 6.17. The van der Waals surface area contributed by atoms with Crippen LogP contribution in [0.3, 0.4) is 0 Å². The fraction of sp³-hybridized carbons (Fsp3) is 0.400. The van der Waals surface area contributed by atoms with E-state index in [4.69, 9.17) is 0 Å². The van der Waals surface area contributed by atoms with E-state index in [2.05, 4.69) is 15.8 Å². The summed E-state index contributed by atoms with van der Waals surface area (Å²) in [4.78, 5) is 22.9. The van der Waals surface area contributed by atoms with E-state index in [0.29, 0.717) is 5.71 Å². The Labute approximate surface area is 119 Å². The van der Waals surface area contributed by atoms with Gasteiger partial charge >= 0.3 is 11.8 Å². The number of nitrogens with one attached hydrogen (secondary N) is 2. The highest BCUT2D eigenvalue weighted by molar-refractivity contribution is 6.35. The Morgan fingerprint density at radius 3 is 2.30 bits per heavy atom. The molecule has 1 aromatic rings. The Morgan fingerprint density at radius 2 is 1.75 bits per heavy atom. The molecule has 0 saturated carbocycles. The van der Waals surface area contributed by atoms with E-state index in [1.54, 1.807) is 20.8 Å². The number of hydrogen-bond acceptors (Lipinski definition) is 3. The second-order valence-electron chi connectivity index (χ2n) is 5.07. The summed E-state index contributed by atoms with van der Waals surface area (Å²) in [6.07, 6.45) is 0. The first-order valence-corrected chi connectivity index (χ1v) is 6.54. The van der Waals surface area contributed by atoms with Gasteiger partial charge < -0.3 is 5.32 Å². The zero-order chi connectivity index (χ0) is 15.3. The van der Waals surface area contributed by atoms with Crippen LogP contribution in [-0.4, -0.2) is 23.6 Å². The zero-order valence-corrected chi connectivity index (χ0v) is 12.6. The number of nitrogens with zero attached hydrogens (tertiary/aromatic N) is 1. The van der Waals surface area contributed by atoms with Crippen LogP contribution in [0.4, 0.5) is 0 Å². The molecule has 5 heteroatoms. The van der Waals surface area contributed by atoms with Gasteiger partial charge in [-0.3, -0.25) is 9.59 Å². The van der Waals surface area contributed by atoms with Gasteiger partial charge in [0.2, 0.25) is 0 Å². The molecule has 20 heavy (non-hydrogen) atoms. The quantitative estimate of drug-likeness (QED) is 0.500. The van der Waals surface area contributed by atoms with Gasteiger partial charge in [-0.05, 0) is 57.4 Å². The summed E-state index contributed by atoms with van der Waals surface area (Å²) in [5.74, 6) is -1.45. The third-order valence-corrected chi connectivity index (χ3v) is 2.88. The van der Waals surface area contributed by atoms with Crippen molar-refractivity contribution in [1.29, 1.82) is 0 Å². The van der Waals surface area contributed by atoms with Crippen LogP contribution in [0.25, 0.3) is 0 Å². The highest BCUT2D eigenvalue weighted by atomic mass is 16.2. The molecule has 0 atom stereocenters. The Hall–Kier alpha value is -2.17. The first kappa shape index (κ1) is 15.9. The number of amides is 2. The maximum Gasteiger partial charge on any atom is 0.329 e. The van der Waals surface area contributed by atoms with Crippen LogP contribution >= 0.6 is 0 Å². The third-order valence-electron chi connectivity index (χ3n) is 2.88. The van der Waals surface area contributed by atoms with Gasteiger partial charge in [-0.15, -0.1) is 0 Å². The molecule has 0 fully saturated rings. The number of carbonyl (C=O) groups excluding carboxylic acids is 2. The van der Waals surface area contributed by atoms with E-state index in [-0.39, 0.29) is 6.04 Å². The van der Waals surface area contributed by atoms with E-state index in [1.165, 1.54) is 5.56 Å². The Morgan fingerprint density at radius 1 is 1.10 bits per heavy atom. The molecule has 0 aliphatic heterocycles. The lowest BCUT2D eigenvalue weighted by molar-refractivity contribution is -0.139. The lowest BCUT2D eigenvalue weighted by Crippen LogP contribution is -2.41. The van der Waals surface area contributed by atoms with E-state index < -0.39 is 11.8 Å². The van der Waals surface area contributed by atoms with E-state index in [1.807, 2.05) is 32.0 Å². The van der Waals surface area contributed by atoms with Crippen molar-refractivity contribution in [2.75, 3.05) is 0 Å². The number of hydrogen-bond donors (Lipinski definition) is 2. The number of benzene rings is 1. The molecule has 0 spiro atoms. The molecule has 0 heterocycles. The topological polar surface area (TPSA) is 70.6 Å². The second kappa shape index (κ2) is 6.84. The minimum Gasteiger partial charge on any atom is -0.346 e. The van der Waals surface area contributed by atoms with Crippen LogP contribution in [0.15, 0.2) is 23.3 Å². The Balaban J connectivity index is 2.72. The molecule has 0 aliphatic rings. The van der Waals surface area contributed by atoms with Crippen molar-refractivity contribution in [3.8, 4) is 0 Å². The van der Waals surface area contributed by atoms with Crippen molar-refractivity contribution in [3.05, 3.63) is 34.9 Å². The molecule has 1 aromatic carbocycles. The highest BCUT2D eigenvalue weighted by Crippen LogP contribution is 2.10. The maximum atomic E-state index is 11.5. The first-order chi connectivity index (χ1) is 9.31. The average Bonchev–Trinajstić information content (AvgIpc) is 2.37. The summed E-state index contributed by atoms with van der Waals surface area (Å²) in [5, 5.41) is 6.45. The van der Waals surface area contributed by atoms with Crippen LogP contribution in [-0.2, 0) is 9.59 Å². The molecule has 0 aromatic heterocycles. The summed E-state index contributed by atoms with van der Waals surface area (Å²) >= 11 is 0. The van der Waals surface area contributed by atoms with E-state index in [9.17, 15) is 9.59 Å². The highest BCUT2D eigenvalue weighted by Gasteiger charge is 2.13. The van der Waals surface area contributed by atoms with Crippen molar-refractivity contribution >= 4 is 17.5 Å². The molecule has 0 aliphatic carbocycles. The van der Waals surface area contributed by atoms with Crippen molar-refractivity contribution in [2.45, 2.75) is 40.7 Å². The van der Waals surface area contributed by atoms with Crippen molar-refractivity contribution in [3.63, 3.8) is 0 Å². The minimum atomic E-state index is -0.762. The minimum absolute atomic E-state index is 0.0851. The molecule has 108 valence electrons. The fourth-order valence-corrected chi connectivity index (χ4v) is 1.54. The molecule has 5 nitrogen and oxygen atoms in total. The van der Waals surface area contributed by atoms with Gasteiger partial charge in [0.15, 0.2) is 0 Å². The molecule has 1 rings (SSSR count). The molecule has 2 N–H and O–H groups in total. The molecular weight excluding hydrogens is 254 g/mol. The number of aryl methyl sites for hydroxylation is 2. The SMILES string of the molecule is C/C(=N/NC(=O)C(=O)NC(C)C)c1ccc(C)c(C)c1. The smallest absolute Gasteiger partial charge is 0.329 e. The average molecular weight is 275 g/mol. The number of rotatable bonds is 3. The lowest BCUT2D eigenvalue weighted by Gasteiger charge is -2.07. The van der Waals surface area contributed by atoms with Gasteiger partial charge in [0.25, 0.3) is 0 Å².